The Bertz CT molecular complexity index is 326. The van der Waals surface area contributed by atoms with Crippen molar-refractivity contribution in [3.05, 3.63) is 0 Å². The van der Waals surface area contributed by atoms with E-state index in [-0.39, 0.29) is 5.48 Å². The molecule has 0 aromatic carbocycles. The van der Waals surface area contributed by atoms with Crippen LogP contribution in [0.4, 0.5) is 0 Å². The second kappa shape index (κ2) is 17.1. The summed E-state index contributed by atoms with van der Waals surface area (Å²) in [6.45, 7) is 18.4. The molecule has 0 radical (unpaired) electrons. The number of hydrogen-bond donors (Lipinski definition) is 4. The smallest absolute Gasteiger partial charge is 0.111 e. The molecule has 0 amide bonds. The van der Waals surface area contributed by atoms with E-state index < -0.39 is 22.9 Å². The third-order valence-electron chi connectivity index (χ3n) is 2.81. The molecule has 11 heteroatoms. The van der Waals surface area contributed by atoms with E-state index in [1.807, 2.05) is 0 Å². The summed E-state index contributed by atoms with van der Waals surface area (Å²) in [6, 6.07) is 0. The van der Waals surface area contributed by atoms with Crippen LogP contribution >= 0.6 is 0 Å². The molecule has 0 unspecified atom stereocenters. The molecule has 0 aliphatic carbocycles. The van der Waals surface area contributed by atoms with Gasteiger partial charge in [-0.1, -0.05) is 0 Å². The van der Waals surface area contributed by atoms with Crippen LogP contribution in [0.1, 0.15) is 55.4 Å². The number of hydrogen-bond acceptors (Lipinski definition) is 10. The molecule has 0 spiro atoms. The van der Waals surface area contributed by atoms with Gasteiger partial charge in [0.25, 0.3) is 0 Å². The van der Waals surface area contributed by atoms with Gasteiger partial charge in [-0.3, -0.25) is 0 Å². The highest BCUT2D eigenvalue weighted by Gasteiger charge is 2.12. The lowest BCUT2D eigenvalue weighted by Gasteiger charge is -2.20. The molecule has 0 aromatic rings. The Hall–Kier alpha value is -0.440. The lowest BCUT2D eigenvalue weighted by atomic mass is 10.3. The SMILES string of the molecule is CC(C)(N)OCCOCCOC(C)(C)N.CC(C)(N)OCCOCCOC(C)(C)N.O. The summed E-state index contributed by atoms with van der Waals surface area (Å²) in [4.78, 5) is 0. The third-order valence-corrected chi connectivity index (χ3v) is 2.81. The molecule has 0 atom stereocenters. The quantitative estimate of drug-likeness (QED) is 0.181. The van der Waals surface area contributed by atoms with Crippen molar-refractivity contribution >= 4 is 0 Å². The van der Waals surface area contributed by atoms with Gasteiger partial charge in [0.2, 0.25) is 0 Å². The van der Waals surface area contributed by atoms with E-state index in [2.05, 4.69) is 0 Å². The number of rotatable bonds is 16. The Labute approximate surface area is 188 Å². The van der Waals surface area contributed by atoms with Gasteiger partial charge in [-0.25, -0.2) is 0 Å². The van der Waals surface area contributed by atoms with E-state index in [0.717, 1.165) is 0 Å². The van der Waals surface area contributed by atoms with E-state index in [1.165, 1.54) is 0 Å². The molecule has 0 aliphatic rings. The fraction of sp³-hybridized carbons (Fsp3) is 1.00. The summed E-state index contributed by atoms with van der Waals surface area (Å²) in [5, 5.41) is 0. The lowest BCUT2D eigenvalue weighted by Crippen LogP contribution is -2.37. The molecule has 0 rings (SSSR count). The highest BCUT2D eigenvalue weighted by Crippen LogP contribution is 2.00. The molecule has 192 valence electrons. The summed E-state index contributed by atoms with van der Waals surface area (Å²) >= 11 is 0. The maximum absolute atomic E-state index is 5.61. The van der Waals surface area contributed by atoms with Crippen molar-refractivity contribution in [1.29, 1.82) is 0 Å². The van der Waals surface area contributed by atoms with Crippen molar-refractivity contribution < 1.29 is 33.9 Å². The monoisotopic (exact) mass is 458 g/mol. The summed E-state index contributed by atoms with van der Waals surface area (Å²) in [5.41, 5.74) is 20.1. The molecule has 0 aromatic heterocycles. The minimum Gasteiger partial charge on any atom is -0.412 e. The van der Waals surface area contributed by atoms with E-state index in [4.69, 9.17) is 51.4 Å². The molecule has 0 fully saturated rings. The van der Waals surface area contributed by atoms with Crippen LogP contribution in [0, 0.1) is 0 Å². The van der Waals surface area contributed by atoms with Gasteiger partial charge in [0.05, 0.1) is 52.9 Å². The normalized spacial score (nSPS) is 12.8. The van der Waals surface area contributed by atoms with E-state index in [0.29, 0.717) is 52.9 Å². The van der Waals surface area contributed by atoms with Crippen molar-refractivity contribution in [3.63, 3.8) is 0 Å². The third kappa shape index (κ3) is 40.4. The van der Waals surface area contributed by atoms with Crippen LogP contribution in [0.2, 0.25) is 0 Å². The molecule has 0 saturated heterocycles. The van der Waals surface area contributed by atoms with Gasteiger partial charge >= 0.3 is 0 Å². The number of ether oxygens (including phenoxy) is 6. The highest BCUT2D eigenvalue weighted by atomic mass is 16.6. The van der Waals surface area contributed by atoms with Crippen LogP contribution in [-0.4, -0.2) is 81.2 Å². The highest BCUT2D eigenvalue weighted by molar-refractivity contribution is 4.57. The Morgan fingerprint density at radius 3 is 0.677 bits per heavy atom. The van der Waals surface area contributed by atoms with Crippen molar-refractivity contribution in [2.75, 3.05) is 52.9 Å². The van der Waals surface area contributed by atoms with Crippen molar-refractivity contribution in [2.24, 2.45) is 22.9 Å². The first kappa shape index (κ1) is 35.2. The van der Waals surface area contributed by atoms with Gasteiger partial charge in [0, 0.05) is 0 Å². The summed E-state index contributed by atoms with van der Waals surface area (Å²) < 4.78 is 31.6. The van der Waals surface area contributed by atoms with Crippen molar-refractivity contribution in [3.8, 4) is 0 Å². The average Bonchev–Trinajstić information content (AvgIpc) is 2.49. The van der Waals surface area contributed by atoms with Crippen molar-refractivity contribution in [2.45, 2.75) is 78.3 Å². The minimum atomic E-state index is -0.598. The largest absolute Gasteiger partial charge is 0.412 e. The number of nitrogens with two attached hydrogens (primary N) is 4. The van der Waals surface area contributed by atoms with Crippen LogP contribution in [0.25, 0.3) is 0 Å². The second-order valence-corrected chi connectivity index (χ2v) is 9.03. The first-order chi connectivity index (χ1) is 13.4. The zero-order valence-electron chi connectivity index (χ0n) is 20.9. The summed E-state index contributed by atoms with van der Waals surface area (Å²) in [7, 11) is 0. The maximum Gasteiger partial charge on any atom is 0.111 e. The molecular weight excluding hydrogens is 408 g/mol. The fourth-order valence-corrected chi connectivity index (χ4v) is 1.66. The molecule has 0 saturated carbocycles. The van der Waals surface area contributed by atoms with Gasteiger partial charge in [-0.2, -0.15) is 0 Å². The van der Waals surface area contributed by atoms with Gasteiger partial charge in [-0.05, 0) is 55.4 Å². The van der Waals surface area contributed by atoms with Crippen LogP contribution < -0.4 is 22.9 Å². The fourth-order valence-electron chi connectivity index (χ4n) is 1.66. The first-order valence-electron chi connectivity index (χ1n) is 10.3. The van der Waals surface area contributed by atoms with E-state index in [9.17, 15) is 0 Å². The molecule has 31 heavy (non-hydrogen) atoms. The van der Waals surface area contributed by atoms with E-state index in [1.54, 1.807) is 55.4 Å². The lowest BCUT2D eigenvalue weighted by molar-refractivity contribution is -0.0677. The van der Waals surface area contributed by atoms with Crippen molar-refractivity contribution in [1.82, 2.24) is 0 Å². The average molecular weight is 459 g/mol. The Balaban J connectivity index is -0.000000490. The molecule has 0 heterocycles. The molecule has 10 N–H and O–H groups in total. The zero-order chi connectivity index (χ0) is 23.9. The van der Waals surface area contributed by atoms with Crippen LogP contribution in [0.5, 0.6) is 0 Å². The predicted molar refractivity (Wildman–Crippen MR) is 122 cm³/mol. The van der Waals surface area contributed by atoms with Crippen LogP contribution in [0.15, 0.2) is 0 Å². The Morgan fingerprint density at radius 1 is 0.387 bits per heavy atom. The zero-order valence-corrected chi connectivity index (χ0v) is 20.9. The first-order valence-corrected chi connectivity index (χ1v) is 10.3. The van der Waals surface area contributed by atoms with Gasteiger partial charge in [0.1, 0.15) is 22.9 Å². The summed E-state index contributed by atoms with van der Waals surface area (Å²) in [6.07, 6.45) is 0. The van der Waals surface area contributed by atoms with Gasteiger partial charge < -0.3 is 56.8 Å². The van der Waals surface area contributed by atoms with Gasteiger partial charge in [0.15, 0.2) is 0 Å². The molecule has 11 nitrogen and oxygen atoms in total. The molecule has 0 aliphatic heterocycles. The molecule has 0 bridgehead atoms. The minimum absolute atomic E-state index is 0. The maximum atomic E-state index is 5.61. The van der Waals surface area contributed by atoms with Gasteiger partial charge in [-0.15, -0.1) is 0 Å². The summed E-state index contributed by atoms with van der Waals surface area (Å²) in [5.74, 6) is 0. The topological polar surface area (TPSA) is 191 Å². The molecular formula is C20H50N4O7. The second-order valence-electron chi connectivity index (χ2n) is 9.03. The standard InChI is InChI=1S/2C10H24N2O3.H2O/c2*1-9(2,11)14-7-5-13-6-8-15-10(3,4)12;/h2*5-8,11-12H2,1-4H3;1H2. The Kier molecular flexibility index (Phi) is 19.4. The van der Waals surface area contributed by atoms with E-state index >= 15 is 0 Å². The van der Waals surface area contributed by atoms with Crippen LogP contribution in [0.3, 0.4) is 0 Å². The predicted octanol–water partition coefficient (Wildman–Crippen LogP) is 0.0269. The Morgan fingerprint density at radius 2 is 0.548 bits per heavy atom. The van der Waals surface area contributed by atoms with Crippen LogP contribution in [-0.2, 0) is 28.4 Å².